The van der Waals surface area contributed by atoms with Crippen molar-refractivity contribution in [2.24, 2.45) is 5.92 Å². The molecule has 0 bridgehead atoms. The quantitative estimate of drug-likeness (QED) is 0.581. The molecule has 182 valence electrons. The first kappa shape index (κ1) is 23.3. The number of rotatable bonds is 9. The molecule has 2 aromatic rings. The number of hydrogen-bond acceptors (Lipinski definition) is 5. The number of carbonyl (C=O) groups is 1. The van der Waals surface area contributed by atoms with E-state index in [2.05, 4.69) is 36.1 Å². The third-order valence-corrected chi connectivity index (χ3v) is 8.00. The summed E-state index contributed by atoms with van der Waals surface area (Å²) in [5.74, 6) is -0.555. The standard InChI is InChI=1S/C28H35NO5/c1-17-10-11-21(22-23-24(27(31)32)26(23)34-25(17)22)18(2)33-16-20(30)15-29-13-7-12-28(29,3)14-19-8-5-4-6-9-19/h4-6,8-11,18,20,23-24,26,30H,7,12-16H2,1-3H3,(H,31,32)/t18-,20-,23+,24+,26+,28?/m1/s1. The predicted octanol–water partition coefficient (Wildman–Crippen LogP) is 4.09. The Bertz CT molecular complexity index is 1060. The van der Waals surface area contributed by atoms with E-state index in [1.54, 1.807) is 0 Å². The molecule has 6 nitrogen and oxygen atoms in total. The van der Waals surface area contributed by atoms with E-state index in [4.69, 9.17) is 9.47 Å². The fourth-order valence-electron chi connectivity index (χ4n) is 6.06. The van der Waals surface area contributed by atoms with Crippen molar-refractivity contribution in [2.45, 2.75) is 69.8 Å². The van der Waals surface area contributed by atoms with Crippen molar-refractivity contribution in [1.29, 1.82) is 0 Å². The van der Waals surface area contributed by atoms with Gasteiger partial charge in [-0.15, -0.1) is 0 Å². The van der Waals surface area contributed by atoms with Crippen LogP contribution in [0.25, 0.3) is 0 Å². The molecule has 5 rings (SSSR count). The maximum absolute atomic E-state index is 11.5. The molecule has 0 spiro atoms. The molecule has 1 saturated heterocycles. The highest BCUT2D eigenvalue weighted by atomic mass is 16.5. The van der Waals surface area contributed by atoms with Crippen LogP contribution in [-0.2, 0) is 16.0 Å². The maximum atomic E-state index is 11.5. The van der Waals surface area contributed by atoms with Crippen molar-refractivity contribution in [3.05, 3.63) is 64.7 Å². The maximum Gasteiger partial charge on any atom is 0.311 e. The fourth-order valence-corrected chi connectivity index (χ4v) is 6.06. The van der Waals surface area contributed by atoms with Gasteiger partial charge in [-0.3, -0.25) is 9.69 Å². The summed E-state index contributed by atoms with van der Waals surface area (Å²) in [5.41, 5.74) is 4.34. The average Bonchev–Trinajstić information content (AvgIpc) is 3.22. The molecule has 1 aliphatic carbocycles. The largest absolute Gasteiger partial charge is 0.488 e. The number of aliphatic hydroxyl groups is 1. The minimum Gasteiger partial charge on any atom is -0.488 e. The molecule has 1 unspecified atom stereocenters. The second-order valence-corrected chi connectivity index (χ2v) is 10.5. The summed E-state index contributed by atoms with van der Waals surface area (Å²) >= 11 is 0. The van der Waals surface area contributed by atoms with Gasteiger partial charge in [-0.1, -0.05) is 42.5 Å². The zero-order valence-electron chi connectivity index (χ0n) is 20.2. The number of β-amino-alcohol motifs (C(OH)–C–C–N with tert-alkyl or cyclic N) is 1. The summed E-state index contributed by atoms with van der Waals surface area (Å²) in [6, 6.07) is 14.6. The van der Waals surface area contributed by atoms with Gasteiger partial charge in [-0.2, -0.15) is 0 Å². The van der Waals surface area contributed by atoms with Crippen LogP contribution in [0.4, 0.5) is 0 Å². The van der Waals surface area contributed by atoms with Gasteiger partial charge in [-0.25, -0.2) is 0 Å². The first-order valence-corrected chi connectivity index (χ1v) is 12.4. The molecule has 2 heterocycles. The number of aliphatic hydroxyl groups excluding tert-OH is 1. The summed E-state index contributed by atoms with van der Waals surface area (Å²) in [6.45, 7) is 8.05. The third-order valence-electron chi connectivity index (χ3n) is 8.00. The molecule has 0 radical (unpaired) electrons. The van der Waals surface area contributed by atoms with Gasteiger partial charge in [0.1, 0.15) is 17.8 Å². The van der Waals surface area contributed by atoms with Gasteiger partial charge >= 0.3 is 5.97 Å². The number of hydrogen-bond donors (Lipinski definition) is 2. The molecular formula is C28H35NO5. The molecule has 34 heavy (non-hydrogen) atoms. The van der Waals surface area contributed by atoms with Crippen LogP contribution in [0.3, 0.4) is 0 Å². The van der Waals surface area contributed by atoms with Gasteiger partial charge < -0.3 is 19.7 Å². The highest BCUT2D eigenvalue weighted by Gasteiger charge is 2.64. The fraction of sp³-hybridized carbons (Fsp3) is 0.536. The highest BCUT2D eigenvalue weighted by molar-refractivity contribution is 5.79. The molecule has 6 heteroatoms. The Labute approximate surface area is 201 Å². The lowest BCUT2D eigenvalue weighted by molar-refractivity contribution is -0.139. The van der Waals surface area contributed by atoms with Crippen LogP contribution in [0, 0.1) is 12.8 Å². The number of carboxylic acid groups (broad SMARTS) is 1. The zero-order valence-corrected chi connectivity index (χ0v) is 20.2. The van der Waals surface area contributed by atoms with Gasteiger partial charge in [0.2, 0.25) is 0 Å². The minimum atomic E-state index is -0.804. The first-order chi connectivity index (χ1) is 16.3. The lowest BCUT2D eigenvalue weighted by atomic mass is 9.90. The van der Waals surface area contributed by atoms with E-state index < -0.39 is 18.0 Å². The Morgan fingerprint density at radius 1 is 1.26 bits per heavy atom. The van der Waals surface area contributed by atoms with Crippen LogP contribution in [0.15, 0.2) is 42.5 Å². The number of benzene rings is 2. The molecule has 3 aliphatic rings. The second-order valence-electron chi connectivity index (χ2n) is 10.5. The second kappa shape index (κ2) is 8.99. The summed E-state index contributed by atoms with van der Waals surface area (Å²) in [6.07, 6.45) is 2.12. The molecule has 1 saturated carbocycles. The van der Waals surface area contributed by atoms with E-state index in [1.165, 1.54) is 5.56 Å². The van der Waals surface area contributed by atoms with Gasteiger partial charge in [-0.05, 0) is 63.3 Å². The Balaban J connectivity index is 1.21. The summed E-state index contributed by atoms with van der Waals surface area (Å²) < 4.78 is 12.1. The molecule has 2 aromatic carbocycles. The highest BCUT2D eigenvalue weighted by Crippen LogP contribution is 2.61. The van der Waals surface area contributed by atoms with E-state index in [0.717, 1.165) is 48.2 Å². The van der Waals surface area contributed by atoms with Gasteiger partial charge in [0.05, 0.1) is 18.8 Å². The smallest absolute Gasteiger partial charge is 0.311 e. The molecule has 0 amide bonds. The normalized spacial score (nSPS) is 29.2. The molecule has 6 atom stereocenters. The SMILES string of the molecule is Cc1ccc([C@@H](C)OC[C@H](O)CN2CCCC2(C)Cc2ccccc2)c2c1O[C@@H]1[C@@H](C(=O)O)[C@H]21. The monoisotopic (exact) mass is 465 g/mol. The summed E-state index contributed by atoms with van der Waals surface area (Å²) in [7, 11) is 0. The van der Waals surface area contributed by atoms with Crippen molar-refractivity contribution < 1.29 is 24.5 Å². The van der Waals surface area contributed by atoms with Gasteiger partial charge in [0.15, 0.2) is 0 Å². The van der Waals surface area contributed by atoms with Gasteiger partial charge in [0.25, 0.3) is 0 Å². The Morgan fingerprint density at radius 3 is 2.76 bits per heavy atom. The van der Waals surface area contributed by atoms with E-state index in [-0.39, 0.29) is 30.3 Å². The Hall–Kier alpha value is -2.41. The van der Waals surface area contributed by atoms with Crippen LogP contribution in [0.5, 0.6) is 5.75 Å². The Kier molecular flexibility index (Phi) is 6.17. The number of ether oxygens (including phenoxy) is 2. The number of likely N-dealkylation sites (tertiary alicyclic amines) is 1. The Morgan fingerprint density at radius 2 is 2.03 bits per heavy atom. The van der Waals surface area contributed by atoms with E-state index in [0.29, 0.717) is 6.54 Å². The predicted molar refractivity (Wildman–Crippen MR) is 129 cm³/mol. The van der Waals surface area contributed by atoms with E-state index in [1.807, 2.05) is 32.0 Å². The number of carboxylic acids is 1. The van der Waals surface area contributed by atoms with E-state index in [9.17, 15) is 15.0 Å². The number of aliphatic carboxylic acids is 1. The molecule has 2 N–H and O–H groups in total. The van der Waals surface area contributed by atoms with Gasteiger partial charge in [0, 0.05) is 23.6 Å². The topological polar surface area (TPSA) is 79.2 Å². The van der Waals surface area contributed by atoms with Crippen LogP contribution < -0.4 is 4.74 Å². The van der Waals surface area contributed by atoms with Crippen molar-refractivity contribution in [2.75, 3.05) is 19.7 Å². The first-order valence-electron chi connectivity index (χ1n) is 12.4. The van der Waals surface area contributed by atoms with Crippen molar-refractivity contribution in [1.82, 2.24) is 4.90 Å². The summed E-state index contributed by atoms with van der Waals surface area (Å²) in [4.78, 5) is 14.0. The molecule has 2 fully saturated rings. The number of fused-ring (bicyclic) bond motifs is 3. The summed E-state index contributed by atoms with van der Waals surface area (Å²) in [5, 5.41) is 20.3. The van der Waals surface area contributed by atoms with E-state index >= 15 is 0 Å². The van der Waals surface area contributed by atoms with Crippen LogP contribution in [0.2, 0.25) is 0 Å². The van der Waals surface area contributed by atoms with Crippen molar-refractivity contribution in [3.8, 4) is 5.75 Å². The number of nitrogens with zero attached hydrogens (tertiary/aromatic N) is 1. The van der Waals surface area contributed by atoms with Crippen LogP contribution in [-0.4, -0.2) is 58.5 Å². The zero-order chi connectivity index (χ0) is 24.0. The van der Waals surface area contributed by atoms with Crippen LogP contribution in [0.1, 0.15) is 61.0 Å². The lowest BCUT2D eigenvalue weighted by Gasteiger charge is -2.37. The molecular weight excluding hydrogens is 430 g/mol. The molecule has 0 aromatic heterocycles. The number of aryl methyl sites for hydroxylation is 1. The average molecular weight is 466 g/mol. The lowest BCUT2D eigenvalue weighted by Crippen LogP contribution is -2.47. The van der Waals surface area contributed by atoms with Crippen molar-refractivity contribution >= 4 is 5.97 Å². The minimum absolute atomic E-state index is 0.0376. The van der Waals surface area contributed by atoms with Crippen molar-refractivity contribution in [3.63, 3.8) is 0 Å². The molecule has 2 aliphatic heterocycles. The third kappa shape index (κ3) is 4.23. The van der Waals surface area contributed by atoms with Crippen LogP contribution >= 0.6 is 0 Å².